The second kappa shape index (κ2) is 8.43. The molecule has 0 radical (unpaired) electrons. The van der Waals surface area contributed by atoms with Crippen molar-refractivity contribution in [2.24, 2.45) is 0 Å². The minimum Gasteiger partial charge on any atom is -0.497 e. The summed E-state index contributed by atoms with van der Waals surface area (Å²) in [5.41, 5.74) is 1.01. The van der Waals surface area contributed by atoms with Gasteiger partial charge >= 0.3 is 0 Å². The van der Waals surface area contributed by atoms with Gasteiger partial charge in [0.2, 0.25) is 5.91 Å². The molecule has 0 spiro atoms. The smallest absolute Gasteiger partial charge is 0.221 e. The highest BCUT2D eigenvalue weighted by Gasteiger charge is 2.06. The summed E-state index contributed by atoms with van der Waals surface area (Å²) in [6, 6.07) is 5.85. The largest absolute Gasteiger partial charge is 0.497 e. The molecule has 5 nitrogen and oxygen atoms in total. The van der Waals surface area contributed by atoms with Crippen LogP contribution in [0.1, 0.15) is 25.8 Å². The molecule has 0 heterocycles. The van der Waals surface area contributed by atoms with E-state index in [0.29, 0.717) is 19.5 Å². The quantitative estimate of drug-likeness (QED) is 0.712. The first-order valence-corrected chi connectivity index (χ1v) is 6.77. The molecule has 0 aliphatic carbocycles. The van der Waals surface area contributed by atoms with Crippen LogP contribution in [-0.4, -0.2) is 32.7 Å². The number of rotatable bonds is 8. The second-order valence-corrected chi connectivity index (χ2v) is 4.83. The molecule has 0 aliphatic rings. The number of carbonyl (C=O) groups excluding carboxylic acids is 1. The molecule has 1 amide bonds. The van der Waals surface area contributed by atoms with Gasteiger partial charge < -0.3 is 20.1 Å². The summed E-state index contributed by atoms with van der Waals surface area (Å²) < 4.78 is 10.5. The highest BCUT2D eigenvalue weighted by Crippen LogP contribution is 2.23. The van der Waals surface area contributed by atoms with Crippen molar-refractivity contribution >= 4 is 5.91 Å². The number of methoxy groups -OCH3 is 2. The molecule has 0 aromatic heterocycles. The minimum atomic E-state index is 0.0603. The Morgan fingerprint density at radius 3 is 2.60 bits per heavy atom. The molecular weight excluding hydrogens is 256 g/mol. The van der Waals surface area contributed by atoms with E-state index in [9.17, 15) is 4.79 Å². The highest BCUT2D eigenvalue weighted by atomic mass is 16.5. The van der Waals surface area contributed by atoms with Gasteiger partial charge in [0.1, 0.15) is 11.5 Å². The van der Waals surface area contributed by atoms with E-state index in [1.807, 2.05) is 32.0 Å². The van der Waals surface area contributed by atoms with E-state index in [-0.39, 0.29) is 11.9 Å². The number of amides is 1. The number of hydrogen-bond donors (Lipinski definition) is 2. The van der Waals surface area contributed by atoms with Gasteiger partial charge in [-0.15, -0.1) is 0 Å². The first kappa shape index (κ1) is 16.3. The molecule has 0 unspecified atom stereocenters. The summed E-state index contributed by atoms with van der Waals surface area (Å²) in [4.78, 5) is 11.5. The predicted molar refractivity (Wildman–Crippen MR) is 79.1 cm³/mol. The maximum Gasteiger partial charge on any atom is 0.221 e. The van der Waals surface area contributed by atoms with Gasteiger partial charge in [0, 0.05) is 31.1 Å². The van der Waals surface area contributed by atoms with Gasteiger partial charge in [-0.3, -0.25) is 4.79 Å². The standard InChI is InChI=1S/C15H24N2O3/c1-11(2)17-15(18)7-8-16-10-12-9-13(19-3)5-6-14(12)20-4/h5-6,9,11,16H,7-8,10H2,1-4H3,(H,17,18). The van der Waals surface area contributed by atoms with Crippen LogP contribution in [0.2, 0.25) is 0 Å². The maximum absolute atomic E-state index is 11.5. The van der Waals surface area contributed by atoms with Gasteiger partial charge in [-0.05, 0) is 32.0 Å². The molecule has 1 aromatic carbocycles. The van der Waals surface area contributed by atoms with Crippen molar-refractivity contribution in [3.63, 3.8) is 0 Å². The van der Waals surface area contributed by atoms with Crippen LogP contribution in [0.15, 0.2) is 18.2 Å². The van der Waals surface area contributed by atoms with E-state index in [1.165, 1.54) is 0 Å². The molecule has 2 N–H and O–H groups in total. The summed E-state index contributed by atoms with van der Waals surface area (Å²) >= 11 is 0. The van der Waals surface area contributed by atoms with Gasteiger partial charge in [0.15, 0.2) is 0 Å². The van der Waals surface area contributed by atoms with E-state index >= 15 is 0 Å². The van der Waals surface area contributed by atoms with Crippen LogP contribution in [0.25, 0.3) is 0 Å². The Labute approximate surface area is 120 Å². The van der Waals surface area contributed by atoms with Gasteiger partial charge in [-0.2, -0.15) is 0 Å². The van der Waals surface area contributed by atoms with E-state index in [4.69, 9.17) is 9.47 Å². The summed E-state index contributed by atoms with van der Waals surface area (Å²) in [5, 5.41) is 6.09. The first-order chi connectivity index (χ1) is 9.56. The number of carbonyl (C=O) groups is 1. The lowest BCUT2D eigenvalue weighted by Gasteiger charge is -2.12. The molecule has 0 saturated carbocycles. The Morgan fingerprint density at radius 1 is 1.25 bits per heavy atom. The Bertz CT molecular complexity index is 433. The van der Waals surface area contributed by atoms with Crippen molar-refractivity contribution in [3.05, 3.63) is 23.8 Å². The topological polar surface area (TPSA) is 59.6 Å². The van der Waals surface area contributed by atoms with Crippen molar-refractivity contribution in [1.29, 1.82) is 0 Å². The summed E-state index contributed by atoms with van der Waals surface area (Å²) in [5.74, 6) is 1.66. The average Bonchev–Trinajstić information content (AvgIpc) is 2.42. The molecule has 0 aliphatic heterocycles. The Hall–Kier alpha value is -1.75. The molecule has 5 heteroatoms. The Kier molecular flexibility index (Phi) is 6.87. The molecular formula is C15H24N2O3. The van der Waals surface area contributed by atoms with Crippen molar-refractivity contribution in [2.75, 3.05) is 20.8 Å². The molecule has 0 bridgehead atoms. The zero-order chi connectivity index (χ0) is 15.0. The third-order valence-electron chi connectivity index (χ3n) is 2.78. The number of ether oxygens (including phenoxy) is 2. The van der Waals surface area contributed by atoms with Crippen molar-refractivity contribution in [1.82, 2.24) is 10.6 Å². The van der Waals surface area contributed by atoms with Gasteiger partial charge in [-0.25, -0.2) is 0 Å². The molecule has 1 aromatic rings. The molecule has 0 fully saturated rings. The second-order valence-electron chi connectivity index (χ2n) is 4.83. The lowest BCUT2D eigenvalue weighted by molar-refractivity contribution is -0.121. The van der Waals surface area contributed by atoms with Gasteiger partial charge in [-0.1, -0.05) is 0 Å². The number of hydrogen-bond acceptors (Lipinski definition) is 4. The zero-order valence-electron chi connectivity index (χ0n) is 12.7. The first-order valence-electron chi connectivity index (χ1n) is 6.77. The maximum atomic E-state index is 11.5. The van der Waals surface area contributed by atoms with Crippen LogP contribution in [0.5, 0.6) is 11.5 Å². The molecule has 112 valence electrons. The third-order valence-corrected chi connectivity index (χ3v) is 2.78. The fourth-order valence-electron chi connectivity index (χ4n) is 1.84. The summed E-state index contributed by atoms with van der Waals surface area (Å²) in [6.45, 7) is 5.16. The highest BCUT2D eigenvalue weighted by molar-refractivity contribution is 5.76. The van der Waals surface area contributed by atoms with Crippen LogP contribution in [0.3, 0.4) is 0 Å². The molecule has 0 saturated heterocycles. The van der Waals surface area contributed by atoms with Crippen LogP contribution in [-0.2, 0) is 11.3 Å². The van der Waals surface area contributed by atoms with E-state index in [1.54, 1.807) is 14.2 Å². The molecule has 0 atom stereocenters. The van der Waals surface area contributed by atoms with E-state index < -0.39 is 0 Å². The molecule has 1 rings (SSSR count). The minimum absolute atomic E-state index is 0.0603. The lowest BCUT2D eigenvalue weighted by atomic mass is 10.2. The third kappa shape index (κ3) is 5.48. The van der Waals surface area contributed by atoms with Crippen LogP contribution >= 0.6 is 0 Å². The van der Waals surface area contributed by atoms with Crippen molar-refractivity contribution < 1.29 is 14.3 Å². The SMILES string of the molecule is COc1ccc(OC)c(CNCCC(=O)NC(C)C)c1. The fraction of sp³-hybridized carbons (Fsp3) is 0.533. The fourth-order valence-corrected chi connectivity index (χ4v) is 1.84. The van der Waals surface area contributed by atoms with Gasteiger partial charge in [0.05, 0.1) is 14.2 Å². The van der Waals surface area contributed by atoms with Crippen LogP contribution in [0, 0.1) is 0 Å². The Morgan fingerprint density at radius 2 is 2.00 bits per heavy atom. The van der Waals surface area contributed by atoms with Gasteiger partial charge in [0.25, 0.3) is 0 Å². The normalized spacial score (nSPS) is 10.4. The predicted octanol–water partition coefficient (Wildman–Crippen LogP) is 1.71. The summed E-state index contributed by atoms with van der Waals surface area (Å²) in [6.07, 6.45) is 0.463. The Balaban J connectivity index is 2.43. The van der Waals surface area contributed by atoms with E-state index in [2.05, 4.69) is 10.6 Å². The average molecular weight is 280 g/mol. The van der Waals surface area contributed by atoms with E-state index in [0.717, 1.165) is 17.1 Å². The number of nitrogens with one attached hydrogen (secondary N) is 2. The van der Waals surface area contributed by atoms with Crippen molar-refractivity contribution in [2.45, 2.75) is 32.9 Å². The van der Waals surface area contributed by atoms with Crippen LogP contribution < -0.4 is 20.1 Å². The number of benzene rings is 1. The van der Waals surface area contributed by atoms with Crippen molar-refractivity contribution in [3.8, 4) is 11.5 Å². The summed E-state index contributed by atoms with van der Waals surface area (Å²) in [7, 11) is 3.27. The monoisotopic (exact) mass is 280 g/mol. The zero-order valence-corrected chi connectivity index (χ0v) is 12.7. The van der Waals surface area contributed by atoms with Crippen LogP contribution in [0.4, 0.5) is 0 Å². The molecule has 20 heavy (non-hydrogen) atoms. The lowest BCUT2D eigenvalue weighted by Crippen LogP contribution is -2.32.